The molecular weight excluding hydrogens is 478 g/mol. The van der Waals surface area contributed by atoms with Gasteiger partial charge in [-0.15, -0.1) is 11.3 Å². The molecule has 200 valence electrons. The van der Waals surface area contributed by atoms with Gasteiger partial charge in [0.15, 0.2) is 0 Å². The Morgan fingerprint density at radius 1 is 0.946 bits per heavy atom. The summed E-state index contributed by atoms with van der Waals surface area (Å²) in [5, 5.41) is 2.24. The maximum absolute atomic E-state index is 4.49. The summed E-state index contributed by atoms with van der Waals surface area (Å²) in [5.74, 6) is 2.95. The highest BCUT2D eigenvalue weighted by Crippen LogP contribution is 2.42. The fraction of sp³-hybridized carbons (Fsp3) is 0.655. The Kier molecular flexibility index (Phi) is 7.79. The summed E-state index contributed by atoms with van der Waals surface area (Å²) in [6, 6.07) is 2.87. The highest BCUT2D eigenvalue weighted by molar-refractivity contribution is 7.10. The molecule has 5 heterocycles. The third-order valence-electron chi connectivity index (χ3n) is 9.43. The monoisotopic (exact) mass is 521 g/mol. The molecule has 3 fully saturated rings. The first-order valence-corrected chi connectivity index (χ1v) is 15.2. The number of H-pyrrole nitrogens is 2. The Morgan fingerprint density at radius 3 is 2.16 bits per heavy atom. The van der Waals surface area contributed by atoms with Crippen LogP contribution >= 0.6 is 11.3 Å². The summed E-state index contributed by atoms with van der Waals surface area (Å²) in [5.41, 5.74) is 2.05. The van der Waals surface area contributed by atoms with Gasteiger partial charge >= 0.3 is 0 Å². The van der Waals surface area contributed by atoms with Crippen molar-refractivity contribution in [2.75, 3.05) is 32.7 Å². The number of imidazole rings is 2. The minimum Gasteiger partial charge on any atom is -0.348 e. The third kappa shape index (κ3) is 6.19. The van der Waals surface area contributed by atoms with E-state index in [-0.39, 0.29) is 0 Å². The Hall–Kier alpha value is -2.00. The van der Waals surface area contributed by atoms with E-state index in [9.17, 15) is 0 Å². The third-order valence-corrected chi connectivity index (χ3v) is 10.4. The number of piperidine rings is 1. The number of nitrogens with one attached hydrogen (secondary N) is 2. The van der Waals surface area contributed by atoms with Crippen LogP contribution in [0.1, 0.15) is 67.0 Å². The van der Waals surface area contributed by atoms with E-state index < -0.39 is 0 Å². The average molecular weight is 522 g/mol. The first-order chi connectivity index (χ1) is 18.1. The molecule has 3 aliphatic rings. The number of aryl methyl sites for hydroxylation is 1. The molecule has 1 aliphatic carbocycles. The molecule has 0 unspecified atom stereocenters. The summed E-state index contributed by atoms with van der Waals surface area (Å²) in [6.45, 7) is 11.6. The summed E-state index contributed by atoms with van der Waals surface area (Å²) >= 11 is 1.93. The van der Waals surface area contributed by atoms with Gasteiger partial charge in [0.1, 0.15) is 11.6 Å². The van der Waals surface area contributed by atoms with Crippen LogP contribution in [0.25, 0.3) is 0 Å². The minimum atomic E-state index is 0.584. The molecule has 0 radical (unpaired) electrons. The average Bonchev–Trinajstić information content (AvgIpc) is 3.72. The molecule has 2 N–H and O–H groups in total. The molecule has 8 heteroatoms. The van der Waals surface area contributed by atoms with E-state index in [1.54, 1.807) is 4.88 Å². The summed E-state index contributed by atoms with van der Waals surface area (Å²) in [6.07, 6.45) is 17.0. The van der Waals surface area contributed by atoms with E-state index in [4.69, 9.17) is 0 Å². The Balaban J connectivity index is 0.966. The molecule has 3 aromatic heterocycles. The first kappa shape index (κ1) is 25.3. The van der Waals surface area contributed by atoms with Crippen LogP contribution in [0.5, 0.6) is 0 Å². The molecule has 6 rings (SSSR count). The lowest BCUT2D eigenvalue weighted by molar-refractivity contribution is 0.0894. The quantitative estimate of drug-likeness (QED) is 0.412. The molecule has 0 bridgehead atoms. The second-order valence-electron chi connectivity index (χ2n) is 11.9. The highest BCUT2D eigenvalue weighted by Gasteiger charge is 2.41. The molecule has 0 atom stereocenters. The molecule has 7 nitrogen and oxygen atoms in total. The number of thiophene rings is 1. The molecule has 0 amide bonds. The Morgan fingerprint density at radius 2 is 1.59 bits per heavy atom. The summed E-state index contributed by atoms with van der Waals surface area (Å²) in [7, 11) is 0. The minimum absolute atomic E-state index is 0.584. The van der Waals surface area contributed by atoms with Crippen molar-refractivity contribution in [1.29, 1.82) is 0 Å². The predicted molar refractivity (Wildman–Crippen MR) is 149 cm³/mol. The van der Waals surface area contributed by atoms with E-state index in [2.05, 4.69) is 53.0 Å². The van der Waals surface area contributed by atoms with Crippen LogP contribution in [-0.2, 0) is 19.6 Å². The van der Waals surface area contributed by atoms with Gasteiger partial charge in [-0.2, -0.15) is 0 Å². The summed E-state index contributed by atoms with van der Waals surface area (Å²) in [4.78, 5) is 25.2. The zero-order valence-electron chi connectivity index (χ0n) is 22.4. The van der Waals surface area contributed by atoms with E-state index in [0.29, 0.717) is 11.5 Å². The molecule has 1 spiro atoms. The smallest absolute Gasteiger partial charge is 0.120 e. The van der Waals surface area contributed by atoms with Gasteiger partial charge in [-0.1, -0.05) is 0 Å². The number of aromatic nitrogens is 4. The Labute approximate surface area is 225 Å². The number of hydrogen-bond acceptors (Lipinski definition) is 6. The van der Waals surface area contributed by atoms with Gasteiger partial charge in [-0.25, -0.2) is 9.97 Å². The zero-order valence-corrected chi connectivity index (χ0v) is 23.2. The van der Waals surface area contributed by atoms with Crippen molar-refractivity contribution >= 4 is 11.3 Å². The van der Waals surface area contributed by atoms with E-state index >= 15 is 0 Å². The predicted octanol–water partition coefficient (Wildman–Crippen LogP) is 5.05. The van der Waals surface area contributed by atoms with Crippen molar-refractivity contribution < 1.29 is 0 Å². The van der Waals surface area contributed by atoms with Crippen molar-refractivity contribution in [1.82, 2.24) is 34.6 Å². The highest BCUT2D eigenvalue weighted by atomic mass is 32.1. The van der Waals surface area contributed by atoms with E-state index in [1.165, 1.54) is 83.2 Å². The largest absolute Gasteiger partial charge is 0.348 e. The van der Waals surface area contributed by atoms with Gasteiger partial charge in [0, 0.05) is 55.3 Å². The molecular formula is C29H43N7S. The van der Waals surface area contributed by atoms with Gasteiger partial charge in [0.2, 0.25) is 0 Å². The van der Waals surface area contributed by atoms with Crippen molar-refractivity contribution in [2.45, 2.75) is 77.5 Å². The van der Waals surface area contributed by atoms with Crippen LogP contribution in [-0.4, -0.2) is 73.4 Å². The van der Waals surface area contributed by atoms with Crippen LogP contribution in [0, 0.1) is 18.3 Å². The van der Waals surface area contributed by atoms with Crippen molar-refractivity contribution in [3.8, 4) is 0 Å². The molecule has 3 aromatic rings. The van der Waals surface area contributed by atoms with Crippen LogP contribution in [0.4, 0.5) is 0 Å². The van der Waals surface area contributed by atoms with E-state index in [0.717, 1.165) is 37.2 Å². The van der Waals surface area contributed by atoms with Gasteiger partial charge < -0.3 is 14.9 Å². The zero-order chi connectivity index (χ0) is 25.1. The maximum atomic E-state index is 4.49. The van der Waals surface area contributed by atoms with Gasteiger partial charge in [-0.05, 0) is 99.8 Å². The lowest BCUT2D eigenvalue weighted by Gasteiger charge is -2.40. The second kappa shape index (κ2) is 11.4. The molecule has 1 saturated carbocycles. The fourth-order valence-electron chi connectivity index (χ4n) is 7.07. The molecule has 2 saturated heterocycles. The lowest BCUT2D eigenvalue weighted by Crippen LogP contribution is -2.42. The molecule has 2 aliphatic heterocycles. The van der Waals surface area contributed by atoms with Gasteiger partial charge in [-0.3, -0.25) is 9.80 Å². The van der Waals surface area contributed by atoms with Gasteiger partial charge in [0.05, 0.1) is 13.1 Å². The standard InChI is InChI=1S/C29H43N7S/c1-23-6-17-37-26(23)19-34-14-7-29(8-15-34)9-16-35(22-29)18-24-2-4-25(5-3-24)36(20-27-30-10-11-31-27)21-28-32-12-13-33-28/h6,10-13,17,24-25H,2-5,7-9,14-16,18-22H2,1H3,(H,30,31)(H,32,33). The fourth-order valence-corrected chi connectivity index (χ4v) is 8.02. The van der Waals surface area contributed by atoms with Crippen molar-refractivity contribution in [3.05, 3.63) is 58.3 Å². The van der Waals surface area contributed by atoms with Crippen LogP contribution < -0.4 is 0 Å². The van der Waals surface area contributed by atoms with Crippen molar-refractivity contribution in [2.24, 2.45) is 11.3 Å². The normalized spacial score (nSPS) is 24.9. The number of hydrogen-bond donors (Lipinski definition) is 2. The maximum Gasteiger partial charge on any atom is 0.120 e. The first-order valence-electron chi connectivity index (χ1n) is 14.3. The number of rotatable bonds is 9. The van der Waals surface area contributed by atoms with Crippen molar-refractivity contribution in [3.63, 3.8) is 0 Å². The van der Waals surface area contributed by atoms with Crippen LogP contribution in [0.15, 0.2) is 36.2 Å². The second-order valence-corrected chi connectivity index (χ2v) is 12.9. The van der Waals surface area contributed by atoms with Gasteiger partial charge in [0.25, 0.3) is 0 Å². The number of nitrogens with zero attached hydrogens (tertiary/aromatic N) is 5. The molecule has 37 heavy (non-hydrogen) atoms. The lowest BCUT2D eigenvalue weighted by atomic mass is 9.77. The number of aromatic amines is 2. The topological polar surface area (TPSA) is 67.1 Å². The number of likely N-dealkylation sites (tertiary alicyclic amines) is 2. The van der Waals surface area contributed by atoms with Crippen LogP contribution in [0.2, 0.25) is 0 Å². The SMILES string of the molecule is Cc1ccsc1CN1CCC2(CC1)CCN(CC1CCC(N(Cc3ncc[nH]3)Cc3ncc[nH]3)CC1)C2. The summed E-state index contributed by atoms with van der Waals surface area (Å²) < 4.78 is 0. The Bertz CT molecular complexity index is 1040. The van der Waals surface area contributed by atoms with Crippen LogP contribution in [0.3, 0.4) is 0 Å². The van der Waals surface area contributed by atoms with E-state index in [1.807, 2.05) is 36.1 Å². The molecule has 0 aromatic carbocycles.